The van der Waals surface area contributed by atoms with Crippen LogP contribution in [0.1, 0.15) is 37.6 Å². The number of hydrogen-bond donors (Lipinski definition) is 1. The molecule has 1 amide bonds. The van der Waals surface area contributed by atoms with Gasteiger partial charge in [-0.2, -0.15) is 0 Å². The van der Waals surface area contributed by atoms with E-state index in [-0.39, 0.29) is 5.91 Å². The number of anilines is 1. The zero-order chi connectivity index (χ0) is 15.9. The van der Waals surface area contributed by atoms with Crippen molar-refractivity contribution in [3.63, 3.8) is 0 Å². The zero-order valence-corrected chi connectivity index (χ0v) is 14.0. The molecule has 5 heteroatoms. The lowest BCUT2D eigenvalue weighted by Crippen LogP contribution is -2.10. The predicted molar refractivity (Wildman–Crippen MR) is 90.2 cm³/mol. The summed E-state index contributed by atoms with van der Waals surface area (Å²) in [5.41, 5.74) is 2.76. The average molecular weight is 315 g/mol. The summed E-state index contributed by atoms with van der Waals surface area (Å²) in [7, 11) is 0. The molecule has 116 valence electrons. The molecule has 0 fully saturated rings. The van der Waals surface area contributed by atoms with Crippen LogP contribution in [0.2, 0.25) is 0 Å². The molecule has 0 aliphatic carbocycles. The van der Waals surface area contributed by atoms with E-state index < -0.39 is 0 Å². The number of unbranched alkanes of at least 4 members (excludes halogenated alkanes) is 1. The number of carbonyl (C=O) groups excluding carboxylic acids is 1. The summed E-state index contributed by atoms with van der Waals surface area (Å²) in [6.07, 6.45) is 2.52. The van der Waals surface area contributed by atoms with Gasteiger partial charge in [0.1, 0.15) is 0 Å². The maximum absolute atomic E-state index is 11.7. The Labute approximate surface area is 135 Å². The summed E-state index contributed by atoms with van der Waals surface area (Å²) in [6.45, 7) is 6.01. The molecule has 0 saturated carbocycles. The number of carbonyl (C=O) groups is 1. The number of aromatic nitrogens is 2. The Bertz CT molecular complexity index is 621. The third kappa shape index (κ3) is 5.15. The quantitative estimate of drug-likeness (QED) is 0.804. The molecular formula is C17H21N3OS. The van der Waals surface area contributed by atoms with Crippen LogP contribution in [0.4, 0.5) is 5.69 Å². The standard InChI is InChI=1S/C17H21N3OS/c1-4-5-6-16(21)20-14-7-9-15(10-8-14)22-17-18-12(2)11-13(3)19-17/h7-11H,4-6H2,1-3H3,(H,20,21). The van der Waals surface area contributed by atoms with Crippen molar-refractivity contribution in [3.8, 4) is 0 Å². The zero-order valence-electron chi connectivity index (χ0n) is 13.2. The second-order valence-corrected chi connectivity index (χ2v) is 6.25. The third-order valence-corrected chi connectivity index (χ3v) is 3.94. The first-order valence-corrected chi connectivity index (χ1v) is 8.28. The first kappa shape index (κ1) is 16.5. The summed E-state index contributed by atoms with van der Waals surface area (Å²) in [5.74, 6) is 0.0693. The highest BCUT2D eigenvalue weighted by atomic mass is 32.2. The fourth-order valence-electron chi connectivity index (χ4n) is 2.01. The highest BCUT2D eigenvalue weighted by Gasteiger charge is 2.04. The Kier molecular flexibility index (Phi) is 5.95. The first-order chi connectivity index (χ1) is 10.6. The van der Waals surface area contributed by atoms with Crippen molar-refractivity contribution in [1.29, 1.82) is 0 Å². The van der Waals surface area contributed by atoms with Crippen molar-refractivity contribution in [2.24, 2.45) is 0 Å². The lowest BCUT2D eigenvalue weighted by molar-refractivity contribution is -0.116. The normalized spacial score (nSPS) is 10.5. The number of amides is 1. The van der Waals surface area contributed by atoms with Gasteiger partial charge in [0, 0.05) is 28.4 Å². The smallest absolute Gasteiger partial charge is 0.224 e. The number of aryl methyl sites for hydroxylation is 2. The molecule has 1 aromatic heterocycles. The molecule has 0 aliphatic rings. The van der Waals surface area contributed by atoms with Crippen molar-refractivity contribution in [2.75, 3.05) is 5.32 Å². The van der Waals surface area contributed by atoms with Gasteiger partial charge in [-0.1, -0.05) is 13.3 Å². The van der Waals surface area contributed by atoms with E-state index in [9.17, 15) is 4.79 Å². The van der Waals surface area contributed by atoms with Crippen molar-refractivity contribution in [2.45, 2.75) is 50.1 Å². The van der Waals surface area contributed by atoms with Gasteiger partial charge in [-0.15, -0.1) is 0 Å². The molecule has 1 heterocycles. The van der Waals surface area contributed by atoms with Crippen molar-refractivity contribution >= 4 is 23.4 Å². The van der Waals surface area contributed by atoms with Crippen LogP contribution >= 0.6 is 11.8 Å². The molecule has 0 radical (unpaired) electrons. The molecule has 0 bridgehead atoms. The molecule has 22 heavy (non-hydrogen) atoms. The summed E-state index contributed by atoms with van der Waals surface area (Å²) in [4.78, 5) is 21.6. The van der Waals surface area contributed by atoms with Gasteiger partial charge in [-0.05, 0) is 62.4 Å². The Hall–Kier alpha value is -1.88. The van der Waals surface area contributed by atoms with E-state index >= 15 is 0 Å². The van der Waals surface area contributed by atoms with Crippen LogP contribution in [0.15, 0.2) is 40.4 Å². The first-order valence-electron chi connectivity index (χ1n) is 7.47. The van der Waals surface area contributed by atoms with Gasteiger partial charge in [0.25, 0.3) is 0 Å². The second-order valence-electron chi connectivity index (χ2n) is 5.21. The van der Waals surface area contributed by atoms with Crippen molar-refractivity contribution in [3.05, 3.63) is 41.7 Å². The molecule has 4 nitrogen and oxygen atoms in total. The van der Waals surface area contributed by atoms with Gasteiger partial charge >= 0.3 is 0 Å². The van der Waals surface area contributed by atoms with E-state index in [0.717, 1.165) is 40.0 Å². The lowest BCUT2D eigenvalue weighted by Gasteiger charge is -2.06. The Morgan fingerprint density at radius 2 is 1.77 bits per heavy atom. The molecule has 2 rings (SSSR count). The molecule has 1 N–H and O–H groups in total. The minimum absolute atomic E-state index is 0.0693. The van der Waals surface area contributed by atoms with Gasteiger partial charge in [0.2, 0.25) is 5.91 Å². The minimum atomic E-state index is 0.0693. The number of hydrogen-bond acceptors (Lipinski definition) is 4. The van der Waals surface area contributed by atoms with Crippen LogP contribution < -0.4 is 5.32 Å². The van der Waals surface area contributed by atoms with Crippen LogP contribution in [0.25, 0.3) is 0 Å². The van der Waals surface area contributed by atoms with Crippen LogP contribution in [-0.4, -0.2) is 15.9 Å². The number of rotatable bonds is 6. The van der Waals surface area contributed by atoms with Gasteiger partial charge in [-0.3, -0.25) is 4.79 Å². The Morgan fingerprint density at radius 3 is 2.36 bits per heavy atom. The van der Waals surface area contributed by atoms with E-state index in [4.69, 9.17) is 0 Å². The fourth-order valence-corrected chi connectivity index (χ4v) is 2.87. The average Bonchev–Trinajstić information content (AvgIpc) is 2.46. The summed E-state index contributed by atoms with van der Waals surface area (Å²) in [6, 6.07) is 9.73. The number of benzene rings is 1. The van der Waals surface area contributed by atoms with E-state index in [2.05, 4.69) is 22.2 Å². The van der Waals surface area contributed by atoms with Crippen LogP contribution in [0.3, 0.4) is 0 Å². The summed E-state index contributed by atoms with van der Waals surface area (Å²) in [5, 5.41) is 3.65. The van der Waals surface area contributed by atoms with E-state index in [0.29, 0.717) is 6.42 Å². The predicted octanol–water partition coefficient (Wildman–Crippen LogP) is 4.37. The number of nitrogens with zero attached hydrogens (tertiary/aromatic N) is 2. The van der Waals surface area contributed by atoms with Gasteiger partial charge < -0.3 is 5.32 Å². The second kappa shape index (κ2) is 7.94. The fraction of sp³-hybridized carbons (Fsp3) is 0.353. The van der Waals surface area contributed by atoms with E-state index in [1.54, 1.807) is 0 Å². The molecule has 1 aromatic carbocycles. The van der Waals surface area contributed by atoms with Crippen LogP contribution in [-0.2, 0) is 4.79 Å². The molecule has 0 unspecified atom stereocenters. The van der Waals surface area contributed by atoms with Crippen LogP contribution in [0.5, 0.6) is 0 Å². The Morgan fingerprint density at radius 1 is 1.14 bits per heavy atom. The molecule has 0 spiro atoms. The maximum Gasteiger partial charge on any atom is 0.224 e. The van der Waals surface area contributed by atoms with E-state index in [1.807, 2.05) is 44.2 Å². The highest BCUT2D eigenvalue weighted by Crippen LogP contribution is 2.26. The monoisotopic (exact) mass is 315 g/mol. The molecular weight excluding hydrogens is 294 g/mol. The third-order valence-electron chi connectivity index (χ3n) is 3.07. The SMILES string of the molecule is CCCCC(=O)Nc1ccc(Sc2nc(C)cc(C)n2)cc1. The van der Waals surface area contributed by atoms with Crippen molar-refractivity contribution in [1.82, 2.24) is 9.97 Å². The lowest BCUT2D eigenvalue weighted by atomic mass is 10.2. The Balaban J connectivity index is 1.98. The maximum atomic E-state index is 11.7. The summed E-state index contributed by atoms with van der Waals surface area (Å²) >= 11 is 1.52. The molecule has 0 aliphatic heterocycles. The van der Waals surface area contributed by atoms with E-state index in [1.165, 1.54) is 11.8 Å². The molecule has 0 saturated heterocycles. The minimum Gasteiger partial charge on any atom is -0.326 e. The largest absolute Gasteiger partial charge is 0.326 e. The topological polar surface area (TPSA) is 54.9 Å². The molecule has 0 atom stereocenters. The van der Waals surface area contributed by atoms with Gasteiger partial charge in [0.05, 0.1) is 0 Å². The van der Waals surface area contributed by atoms with Gasteiger partial charge in [-0.25, -0.2) is 9.97 Å². The van der Waals surface area contributed by atoms with Crippen LogP contribution in [0, 0.1) is 13.8 Å². The molecule has 2 aromatic rings. The number of nitrogens with one attached hydrogen (secondary N) is 1. The van der Waals surface area contributed by atoms with Gasteiger partial charge in [0.15, 0.2) is 5.16 Å². The van der Waals surface area contributed by atoms with Crippen molar-refractivity contribution < 1.29 is 4.79 Å². The highest BCUT2D eigenvalue weighted by molar-refractivity contribution is 7.99. The summed E-state index contributed by atoms with van der Waals surface area (Å²) < 4.78 is 0.